The molecule has 1 aliphatic carbocycles. The monoisotopic (exact) mass is 266 g/mol. The van der Waals surface area contributed by atoms with Crippen molar-refractivity contribution in [2.75, 3.05) is 14.2 Å². The van der Waals surface area contributed by atoms with E-state index in [2.05, 4.69) is 5.10 Å². The second-order valence-electron chi connectivity index (χ2n) is 5.03. The number of ether oxygens (including phenoxy) is 2. The third-order valence-corrected chi connectivity index (χ3v) is 3.66. The van der Waals surface area contributed by atoms with E-state index >= 15 is 0 Å². The van der Waals surface area contributed by atoms with Crippen LogP contribution in [-0.2, 0) is 20.7 Å². The van der Waals surface area contributed by atoms with Crippen LogP contribution < -0.4 is 0 Å². The molecule has 1 aromatic rings. The molecule has 19 heavy (non-hydrogen) atoms. The van der Waals surface area contributed by atoms with E-state index < -0.39 is 6.29 Å². The summed E-state index contributed by atoms with van der Waals surface area (Å²) in [6.07, 6.45) is 7.69. The van der Waals surface area contributed by atoms with Crippen molar-refractivity contribution >= 4 is 5.78 Å². The quantitative estimate of drug-likeness (QED) is 0.740. The van der Waals surface area contributed by atoms with Crippen molar-refractivity contribution in [1.29, 1.82) is 0 Å². The zero-order chi connectivity index (χ0) is 13.7. The Morgan fingerprint density at radius 1 is 1.37 bits per heavy atom. The molecule has 0 radical (unpaired) electrons. The minimum atomic E-state index is -0.792. The van der Waals surface area contributed by atoms with Crippen LogP contribution in [-0.4, -0.2) is 36.1 Å². The molecule has 5 nitrogen and oxygen atoms in total. The molecule has 0 amide bonds. The molecule has 2 rings (SSSR count). The molecule has 0 unspecified atom stereocenters. The normalized spacial score (nSPS) is 17.0. The Labute approximate surface area is 113 Å². The third kappa shape index (κ3) is 3.64. The fourth-order valence-corrected chi connectivity index (χ4v) is 2.64. The van der Waals surface area contributed by atoms with Crippen LogP contribution in [0.1, 0.15) is 43.8 Å². The zero-order valence-electron chi connectivity index (χ0n) is 11.7. The number of nitrogens with zero attached hydrogens (tertiary/aromatic N) is 2. The standard InChI is InChI=1S/C14H22N2O3/c1-18-14(19-2)13(17)10-11-8-9-16(15-11)12-6-4-3-5-7-12/h8-9,12,14H,3-7,10H2,1-2H3. The van der Waals surface area contributed by atoms with Gasteiger partial charge in [-0.25, -0.2) is 0 Å². The lowest BCUT2D eigenvalue weighted by Gasteiger charge is -2.21. The maximum atomic E-state index is 11.9. The fourth-order valence-electron chi connectivity index (χ4n) is 2.64. The molecule has 0 aromatic carbocycles. The van der Waals surface area contributed by atoms with Crippen LogP contribution in [0.25, 0.3) is 0 Å². The predicted octanol–water partition coefficient (Wildman–Crippen LogP) is 2.12. The molecule has 5 heteroatoms. The Kier molecular flexibility index (Phi) is 5.10. The van der Waals surface area contributed by atoms with E-state index in [0.717, 1.165) is 5.69 Å². The molecular formula is C14H22N2O3. The van der Waals surface area contributed by atoms with Crippen molar-refractivity contribution in [3.63, 3.8) is 0 Å². The topological polar surface area (TPSA) is 53.4 Å². The van der Waals surface area contributed by atoms with Gasteiger partial charge in [-0.3, -0.25) is 9.48 Å². The first-order valence-electron chi connectivity index (χ1n) is 6.87. The van der Waals surface area contributed by atoms with Gasteiger partial charge in [-0.1, -0.05) is 19.3 Å². The van der Waals surface area contributed by atoms with Crippen molar-refractivity contribution in [3.8, 4) is 0 Å². The second kappa shape index (κ2) is 6.82. The van der Waals surface area contributed by atoms with Gasteiger partial charge in [0.25, 0.3) is 0 Å². The molecule has 0 aliphatic heterocycles. The van der Waals surface area contributed by atoms with Crippen LogP contribution >= 0.6 is 0 Å². The van der Waals surface area contributed by atoms with E-state index in [9.17, 15) is 4.79 Å². The van der Waals surface area contributed by atoms with Crippen LogP contribution in [0.3, 0.4) is 0 Å². The molecule has 1 saturated carbocycles. The maximum Gasteiger partial charge on any atom is 0.217 e. The van der Waals surface area contributed by atoms with E-state index in [0.29, 0.717) is 6.04 Å². The van der Waals surface area contributed by atoms with Gasteiger partial charge in [-0.05, 0) is 18.9 Å². The molecule has 0 bridgehead atoms. The van der Waals surface area contributed by atoms with Gasteiger partial charge < -0.3 is 9.47 Å². The summed E-state index contributed by atoms with van der Waals surface area (Å²) in [5.41, 5.74) is 0.787. The minimum absolute atomic E-state index is 0.0982. The SMILES string of the molecule is COC(OC)C(=O)Cc1ccn(C2CCCCC2)n1. The predicted molar refractivity (Wildman–Crippen MR) is 70.9 cm³/mol. The highest BCUT2D eigenvalue weighted by atomic mass is 16.7. The Morgan fingerprint density at radius 3 is 2.68 bits per heavy atom. The number of methoxy groups -OCH3 is 2. The van der Waals surface area contributed by atoms with Crippen LogP contribution in [0.2, 0.25) is 0 Å². The summed E-state index contributed by atoms with van der Waals surface area (Å²) in [4.78, 5) is 11.9. The number of rotatable bonds is 6. The van der Waals surface area contributed by atoms with E-state index in [1.807, 2.05) is 16.9 Å². The number of Topliss-reactive ketones (excluding diaryl/α,β-unsaturated/α-hetero) is 1. The smallest absolute Gasteiger partial charge is 0.217 e. The Bertz CT molecular complexity index is 407. The number of carbonyl (C=O) groups excluding carboxylic acids is 1. The summed E-state index contributed by atoms with van der Waals surface area (Å²) in [5, 5.41) is 4.51. The number of ketones is 1. The molecular weight excluding hydrogens is 244 g/mol. The first-order chi connectivity index (χ1) is 9.24. The van der Waals surface area contributed by atoms with Gasteiger partial charge in [-0.2, -0.15) is 5.10 Å². The molecule has 0 N–H and O–H groups in total. The second-order valence-corrected chi connectivity index (χ2v) is 5.03. The largest absolute Gasteiger partial charge is 0.349 e. The van der Waals surface area contributed by atoms with E-state index in [4.69, 9.17) is 9.47 Å². The lowest BCUT2D eigenvalue weighted by atomic mass is 9.96. The van der Waals surface area contributed by atoms with Crippen molar-refractivity contribution in [2.24, 2.45) is 0 Å². The molecule has 1 heterocycles. The lowest BCUT2D eigenvalue weighted by molar-refractivity contribution is -0.156. The summed E-state index contributed by atoms with van der Waals surface area (Å²) in [6, 6.07) is 2.41. The van der Waals surface area contributed by atoms with Crippen LogP contribution in [0.5, 0.6) is 0 Å². The molecule has 1 aromatic heterocycles. The number of carbonyl (C=O) groups is 1. The van der Waals surface area contributed by atoms with Crippen molar-refractivity contribution in [2.45, 2.75) is 50.9 Å². The van der Waals surface area contributed by atoms with Crippen LogP contribution in [0.15, 0.2) is 12.3 Å². The van der Waals surface area contributed by atoms with Crippen molar-refractivity contribution in [1.82, 2.24) is 9.78 Å². The van der Waals surface area contributed by atoms with E-state index in [1.54, 1.807) is 0 Å². The van der Waals surface area contributed by atoms with Crippen LogP contribution in [0, 0.1) is 0 Å². The molecule has 0 atom stereocenters. The average molecular weight is 266 g/mol. The number of hydrogen-bond acceptors (Lipinski definition) is 4. The summed E-state index contributed by atoms with van der Waals surface area (Å²) >= 11 is 0. The maximum absolute atomic E-state index is 11.9. The van der Waals surface area contributed by atoms with Gasteiger partial charge >= 0.3 is 0 Å². The third-order valence-electron chi connectivity index (χ3n) is 3.66. The van der Waals surface area contributed by atoms with E-state index in [1.165, 1.54) is 46.3 Å². The fraction of sp³-hybridized carbons (Fsp3) is 0.714. The van der Waals surface area contributed by atoms with Gasteiger partial charge in [0.15, 0.2) is 5.78 Å². The average Bonchev–Trinajstić information content (AvgIpc) is 2.89. The van der Waals surface area contributed by atoms with Crippen molar-refractivity contribution in [3.05, 3.63) is 18.0 Å². The summed E-state index contributed by atoms with van der Waals surface area (Å²) < 4.78 is 11.9. The Hall–Kier alpha value is -1.20. The molecule has 1 fully saturated rings. The molecule has 0 saturated heterocycles. The number of aromatic nitrogens is 2. The van der Waals surface area contributed by atoms with Gasteiger partial charge in [0.05, 0.1) is 18.2 Å². The highest BCUT2D eigenvalue weighted by Crippen LogP contribution is 2.27. The lowest BCUT2D eigenvalue weighted by Crippen LogP contribution is -2.26. The number of hydrogen-bond donors (Lipinski definition) is 0. The van der Waals surface area contributed by atoms with Gasteiger partial charge in [0, 0.05) is 20.4 Å². The van der Waals surface area contributed by atoms with Crippen molar-refractivity contribution < 1.29 is 14.3 Å². The van der Waals surface area contributed by atoms with Crippen LogP contribution in [0.4, 0.5) is 0 Å². The Morgan fingerprint density at radius 2 is 2.05 bits per heavy atom. The summed E-state index contributed by atoms with van der Waals surface area (Å²) in [5.74, 6) is -0.0982. The van der Waals surface area contributed by atoms with Gasteiger partial charge in [0.2, 0.25) is 6.29 Å². The summed E-state index contributed by atoms with van der Waals surface area (Å²) in [7, 11) is 2.93. The molecule has 106 valence electrons. The minimum Gasteiger partial charge on any atom is -0.349 e. The highest BCUT2D eigenvalue weighted by Gasteiger charge is 2.20. The van der Waals surface area contributed by atoms with Gasteiger partial charge in [0.1, 0.15) is 0 Å². The molecule has 0 spiro atoms. The van der Waals surface area contributed by atoms with Gasteiger partial charge in [-0.15, -0.1) is 0 Å². The summed E-state index contributed by atoms with van der Waals surface area (Å²) in [6.45, 7) is 0. The first kappa shape index (κ1) is 14.2. The highest BCUT2D eigenvalue weighted by molar-refractivity contribution is 5.83. The zero-order valence-corrected chi connectivity index (χ0v) is 11.7. The Balaban J connectivity index is 1.95. The van der Waals surface area contributed by atoms with E-state index in [-0.39, 0.29) is 12.2 Å². The molecule has 1 aliphatic rings. The first-order valence-corrected chi connectivity index (χ1v) is 6.87.